The molecule has 1 aliphatic carbocycles. The largest absolute Gasteiger partial charge is 0.493 e. The summed E-state index contributed by atoms with van der Waals surface area (Å²) in [6.07, 6.45) is 1.67. The Balaban J connectivity index is 1.42. The molecule has 8 heteroatoms. The highest BCUT2D eigenvalue weighted by Crippen LogP contribution is 2.60. The number of H-pyrrole nitrogens is 1. The van der Waals surface area contributed by atoms with Gasteiger partial charge in [-0.3, -0.25) is 4.79 Å². The van der Waals surface area contributed by atoms with Gasteiger partial charge in [0.25, 0.3) is 0 Å². The molecule has 0 radical (unpaired) electrons. The van der Waals surface area contributed by atoms with Crippen LogP contribution < -0.4 is 10.1 Å². The van der Waals surface area contributed by atoms with Crippen LogP contribution in [0.1, 0.15) is 18.4 Å². The number of para-hydroxylation sites is 1. The first-order valence-corrected chi connectivity index (χ1v) is 9.12. The second kappa shape index (κ2) is 6.06. The maximum absolute atomic E-state index is 13.0. The number of hydrogen-bond donors (Lipinski definition) is 2. The van der Waals surface area contributed by atoms with Crippen molar-refractivity contribution < 1.29 is 9.53 Å². The molecule has 0 saturated heterocycles. The summed E-state index contributed by atoms with van der Waals surface area (Å²) in [6, 6.07) is 13.2. The third-order valence-corrected chi connectivity index (χ3v) is 5.68. The number of aromatic amines is 1. The molecule has 7 nitrogen and oxygen atoms in total. The molecule has 1 amide bonds. The third-order valence-electron chi connectivity index (χ3n) is 5.45. The smallest absolute Gasteiger partial charge is 0.228 e. The van der Waals surface area contributed by atoms with E-state index in [0.717, 1.165) is 24.2 Å². The van der Waals surface area contributed by atoms with Crippen molar-refractivity contribution >= 4 is 23.2 Å². The maximum Gasteiger partial charge on any atom is 0.228 e. The van der Waals surface area contributed by atoms with Gasteiger partial charge in [0, 0.05) is 27.5 Å². The SMILES string of the molecule is O=C(Nc1ccc(Cl)cc1-c1nn[nH]n1)C1CC12CCOc1ccccc12. The molecular formula is C19H16ClN5O2. The first-order valence-electron chi connectivity index (χ1n) is 8.74. The van der Waals surface area contributed by atoms with E-state index in [2.05, 4.69) is 32.0 Å². The van der Waals surface area contributed by atoms with E-state index in [4.69, 9.17) is 16.3 Å². The van der Waals surface area contributed by atoms with E-state index in [9.17, 15) is 4.79 Å². The van der Waals surface area contributed by atoms with E-state index in [-0.39, 0.29) is 17.2 Å². The van der Waals surface area contributed by atoms with Crippen LogP contribution in [0.5, 0.6) is 5.75 Å². The number of fused-ring (bicyclic) bond motifs is 2. The van der Waals surface area contributed by atoms with Crippen LogP contribution >= 0.6 is 11.6 Å². The summed E-state index contributed by atoms with van der Waals surface area (Å²) in [7, 11) is 0. The Morgan fingerprint density at radius 3 is 3.04 bits per heavy atom. The molecule has 1 saturated carbocycles. The molecule has 3 aromatic rings. The minimum atomic E-state index is -0.127. The van der Waals surface area contributed by atoms with E-state index in [1.807, 2.05) is 18.2 Å². The second-order valence-electron chi connectivity index (χ2n) is 6.92. The minimum absolute atomic E-state index is 0.0150. The molecule has 1 fully saturated rings. The zero-order valence-electron chi connectivity index (χ0n) is 14.3. The summed E-state index contributed by atoms with van der Waals surface area (Å²) in [4.78, 5) is 13.0. The molecule has 2 atom stereocenters. The first kappa shape index (κ1) is 16.3. The fourth-order valence-electron chi connectivity index (χ4n) is 4.01. The fourth-order valence-corrected chi connectivity index (χ4v) is 4.18. The molecule has 1 aromatic heterocycles. The fraction of sp³-hybridized carbons (Fsp3) is 0.263. The highest BCUT2D eigenvalue weighted by molar-refractivity contribution is 6.31. The Bertz CT molecular complexity index is 1020. The second-order valence-corrected chi connectivity index (χ2v) is 7.36. The maximum atomic E-state index is 13.0. The molecule has 5 rings (SSSR count). The van der Waals surface area contributed by atoms with Crippen LogP contribution in [-0.4, -0.2) is 33.1 Å². The Morgan fingerprint density at radius 2 is 2.19 bits per heavy atom. The van der Waals surface area contributed by atoms with Crippen molar-refractivity contribution in [2.45, 2.75) is 18.3 Å². The summed E-state index contributed by atoms with van der Waals surface area (Å²) in [5, 5.41) is 17.6. The van der Waals surface area contributed by atoms with Gasteiger partial charge in [-0.15, -0.1) is 10.2 Å². The minimum Gasteiger partial charge on any atom is -0.493 e. The highest BCUT2D eigenvalue weighted by Gasteiger charge is 2.61. The molecule has 1 spiro atoms. The molecule has 136 valence electrons. The molecule has 0 bridgehead atoms. The number of nitrogens with zero attached hydrogens (tertiary/aromatic N) is 3. The number of nitrogens with one attached hydrogen (secondary N) is 2. The summed E-state index contributed by atoms with van der Waals surface area (Å²) < 4.78 is 5.75. The lowest BCUT2D eigenvalue weighted by Gasteiger charge is -2.26. The van der Waals surface area contributed by atoms with Crippen LogP contribution in [0, 0.1) is 5.92 Å². The van der Waals surface area contributed by atoms with Crippen LogP contribution in [0.3, 0.4) is 0 Å². The van der Waals surface area contributed by atoms with E-state index in [0.29, 0.717) is 28.7 Å². The summed E-state index contributed by atoms with van der Waals surface area (Å²) in [5.74, 6) is 1.17. The van der Waals surface area contributed by atoms with Gasteiger partial charge < -0.3 is 10.1 Å². The molecule has 2 aliphatic rings. The number of carbonyl (C=O) groups is 1. The number of amides is 1. The van der Waals surface area contributed by atoms with E-state index in [1.54, 1.807) is 18.2 Å². The summed E-state index contributed by atoms with van der Waals surface area (Å²) in [5.41, 5.74) is 2.25. The van der Waals surface area contributed by atoms with E-state index < -0.39 is 0 Å². The molecule has 2 unspecified atom stereocenters. The molecular weight excluding hydrogens is 366 g/mol. The van der Waals surface area contributed by atoms with Gasteiger partial charge in [0.05, 0.1) is 12.3 Å². The monoisotopic (exact) mass is 381 g/mol. The normalized spacial score (nSPS) is 22.8. The van der Waals surface area contributed by atoms with Crippen molar-refractivity contribution in [3.63, 3.8) is 0 Å². The van der Waals surface area contributed by atoms with Crippen LogP contribution in [0.4, 0.5) is 5.69 Å². The number of rotatable bonds is 3. The van der Waals surface area contributed by atoms with Gasteiger partial charge in [-0.1, -0.05) is 29.8 Å². The van der Waals surface area contributed by atoms with Gasteiger partial charge in [0.15, 0.2) is 0 Å². The molecule has 2 heterocycles. The third kappa shape index (κ3) is 2.66. The van der Waals surface area contributed by atoms with Gasteiger partial charge in [-0.25, -0.2) is 0 Å². The van der Waals surface area contributed by atoms with Crippen molar-refractivity contribution in [1.29, 1.82) is 0 Å². The van der Waals surface area contributed by atoms with Crippen LogP contribution in [0.15, 0.2) is 42.5 Å². The van der Waals surface area contributed by atoms with Crippen LogP contribution in [-0.2, 0) is 10.2 Å². The number of ether oxygens (including phenoxy) is 1. The topological polar surface area (TPSA) is 92.8 Å². The number of anilines is 1. The highest BCUT2D eigenvalue weighted by atomic mass is 35.5. The number of halogens is 1. The number of hydrogen-bond acceptors (Lipinski definition) is 5. The standard InChI is InChI=1S/C19H16ClN5O2/c20-11-5-6-15(12(9-11)17-22-24-25-23-17)21-18(26)14-10-19(14)7-8-27-16-4-2-1-3-13(16)19/h1-6,9,14H,7-8,10H2,(H,21,26)(H,22,23,24,25). The lowest BCUT2D eigenvalue weighted by molar-refractivity contribution is -0.117. The number of aromatic nitrogens is 4. The van der Waals surface area contributed by atoms with Crippen molar-refractivity contribution in [3.8, 4) is 17.1 Å². The Hall–Kier alpha value is -2.93. The van der Waals surface area contributed by atoms with Crippen LogP contribution in [0.2, 0.25) is 5.02 Å². The Kier molecular flexibility index (Phi) is 3.65. The number of carbonyl (C=O) groups excluding carboxylic acids is 1. The Morgan fingerprint density at radius 1 is 1.30 bits per heavy atom. The average molecular weight is 382 g/mol. The predicted octanol–water partition coefficient (Wildman–Crippen LogP) is 3.20. The zero-order valence-corrected chi connectivity index (χ0v) is 15.0. The van der Waals surface area contributed by atoms with Crippen molar-refractivity contribution in [1.82, 2.24) is 20.6 Å². The summed E-state index contributed by atoms with van der Waals surface area (Å²) >= 11 is 6.11. The first-order chi connectivity index (χ1) is 13.2. The van der Waals surface area contributed by atoms with Gasteiger partial charge >= 0.3 is 0 Å². The van der Waals surface area contributed by atoms with E-state index in [1.165, 1.54) is 0 Å². The van der Waals surface area contributed by atoms with Gasteiger partial charge in [-0.05, 0) is 42.3 Å². The van der Waals surface area contributed by atoms with Gasteiger partial charge in [-0.2, -0.15) is 5.21 Å². The van der Waals surface area contributed by atoms with Gasteiger partial charge in [0.1, 0.15) is 5.75 Å². The van der Waals surface area contributed by atoms with Crippen LogP contribution in [0.25, 0.3) is 11.4 Å². The average Bonchev–Trinajstić information content (AvgIpc) is 3.13. The summed E-state index contributed by atoms with van der Waals surface area (Å²) in [6.45, 7) is 0.635. The zero-order chi connectivity index (χ0) is 18.4. The Labute approximate surface area is 160 Å². The quantitative estimate of drug-likeness (QED) is 0.726. The molecule has 1 aliphatic heterocycles. The van der Waals surface area contributed by atoms with Crippen molar-refractivity contribution in [2.24, 2.45) is 5.92 Å². The lowest BCUT2D eigenvalue weighted by Crippen LogP contribution is -2.26. The van der Waals surface area contributed by atoms with E-state index >= 15 is 0 Å². The van der Waals surface area contributed by atoms with Crippen molar-refractivity contribution in [3.05, 3.63) is 53.1 Å². The lowest BCUT2D eigenvalue weighted by atomic mass is 9.87. The number of tetrazole rings is 1. The van der Waals surface area contributed by atoms with Gasteiger partial charge in [0.2, 0.25) is 11.7 Å². The molecule has 2 N–H and O–H groups in total. The van der Waals surface area contributed by atoms with Crippen molar-refractivity contribution in [2.75, 3.05) is 11.9 Å². The molecule has 2 aromatic carbocycles. The molecule has 27 heavy (non-hydrogen) atoms. The predicted molar refractivity (Wildman–Crippen MR) is 99.6 cm³/mol. The number of benzene rings is 2.